The fourth-order valence-corrected chi connectivity index (χ4v) is 3.54. The number of thioether (sulfide) groups is 1. The summed E-state index contributed by atoms with van der Waals surface area (Å²) in [4.78, 5) is 2.75. The monoisotopic (exact) mass is 286 g/mol. The van der Waals surface area contributed by atoms with E-state index in [9.17, 15) is 0 Å². The third kappa shape index (κ3) is 6.05. The molecule has 0 bridgehead atoms. The van der Waals surface area contributed by atoms with Gasteiger partial charge in [-0.05, 0) is 42.7 Å². The number of hydrogen-bond donors (Lipinski definition) is 1. The molecule has 1 aliphatic heterocycles. The van der Waals surface area contributed by atoms with Crippen molar-refractivity contribution in [2.75, 3.05) is 31.6 Å². The Morgan fingerprint density at radius 3 is 2.53 bits per heavy atom. The predicted octanol–water partition coefficient (Wildman–Crippen LogP) is 3.47. The fraction of sp³-hybridized carbons (Fsp3) is 1.00. The molecule has 0 radical (unpaired) electrons. The lowest BCUT2D eigenvalue weighted by atomic mass is 9.83. The van der Waals surface area contributed by atoms with Gasteiger partial charge in [0.1, 0.15) is 0 Å². The van der Waals surface area contributed by atoms with E-state index in [4.69, 9.17) is 0 Å². The topological polar surface area (TPSA) is 15.3 Å². The van der Waals surface area contributed by atoms with E-state index in [2.05, 4.69) is 51.1 Å². The summed E-state index contributed by atoms with van der Waals surface area (Å²) in [5, 5.41) is 3.78. The quantitative estimate of drug-likeness (QED) is 0.753. The van der Waals surface area contributed by atoms with Gasteiger partial charge in [-0.25, -0.2) is 0 Å². The molecule has 0 aliphatic carbocycles. The van der Waals surface area contributed by atoms with E-state index in [1.165, 1.54) is 31.7 Å². The van der Waals surface area contributed by atoms with Crippen molar-refractivity contribution < 1.29 is 0 Å². The first-order valence-electron chi connectivity index (χ1n) is 7.81. The SMILES string of the molecule is CSCCCN1CC(CC(C)C)NCC1C(C)(C)C. The van der Waals surface area contributed by atoms with Gasteiger partial charge in [-0.15, -0.1) is 0 Å². The highest BCUT2D eigenvalue weighted by Crippen LogP contribution is 2.27. The lowest BCUT2D eigenvalue weighted by Crippen LogP contribution is -2.60. The molecule has 0 saturated carbocycles. The Labute approximate surface area is 125 Å². The van der Waals surface area contributed by atoms with Gasteiger partial charge < -0.3 is 5.32 Å². The first kappa shape index (κ1) is 17.3. The summed E-state index contributed by atoms with van der Waals surface area (Å²) in [6.07, 6.45) is 4.83. The summed E-state index contributed by atoms with van der Waals surface area (Å²) in [5.74, 6) is 2.08. The van der Waals surface area contributed by atoms with Crippen LogP contribution in [0.5, 0.6) is 0 Å². The summed E-state index contributed by atoms with van der Waals surface area (Å²) in [6, 6.07) is 1.37. The summed E-state index contributed by atoms with van der Waals surface area (Å²) in [5.41, 5.74) is 0.370. The highest BCUT2D eigenvalue weighted by Gasteiger charge is 2.35. The maximum Gasteiger partial charge on any atom is 0.0269 e. The third-order valence-corrected chi connectivity index (χ3v) is 4.74. The molecule has 19 heavy (non-hydrogen) atoms. The van der Waals surface area contributed by atoms with Gasteiger partial charge in [0.05, 0.1) is 0 Å². The van der Waals surface area contributed by atoms with Crippen molar-refractivity contribution in [2.24, 2.45) is 11.3 Å². The molecule has 2 atom stereocenters. The first-order chi connectivity index (χ1) is 8.84. The van der Waals surface area contributed by atoms with E-state index in [0.717, 1.165) is 12.5 Å². The Morgan fingerprint density at radius 2 is 2.00 bits per heavy atom. The average Bonchev–Trinajstić information content (AvgIpc) is 2.27. The molecular weight excluding hydrogens is 252 g/mol. The van der Waals surface area contributed by atoms with Crippen LogP contribution in [0.25, 0.3) is 0 Å². The van der Waals surface area contributed by atoms with Crippen LogP contribution in [0.4, 0.5) is 0 Å². The second-order valence-electron chi connectivity index (χ2n) is 7.46. The maximum atomic E-state index is 3.78. The van der Waals surface area contributed by atoms with Crippen LogP contribution in [-0.2, 0) is 0 Å². The van der Waals surface area contributed by atoms with Crippen LogP contribution in [0, 0.1) is 11.3 Å². The van der Waals surface area contributed by atoms with Crippen molar-refractivity contribution in [3.05, 3.63) is 0 Å². The molecule has 0 amide bonds. The second kappa shape index (κ2) is 7.90. The lowest BCUT2D eigenvalue weighted by molar-refractivity contribution is 0.0519. The molecule has 1 fully saturated rings. The number of rotatable bonds is 6. The van der Waals surface area contributed by atoms with Crippen molar-refractivity contribution in [1.29, 1.82) is 0 Å². The van der Waals surface area contributed by atoms with Gasteiger partial charge in [-0.2, -0.15) is 11.8 Å². The van der Waals surface area contributed by atoms with Gasteiger partial charge in [0, 0.05) is 25.2 Å². The molecule has 2 unspecified atom stereocenters. The van der Waals surface area contributed by atoms with Crippen LogP contribution in [0.15, 0.2) is 0 Å². The number of hydrogen-bond acceptors (Lipinski definition) is 3. The molecule has 1 N–H and O–H groups in total. The van der Waals surface area contributed by atoms with Crippen molar-refractivity contribution in [2.45, 2.75) is 59.5 Å². The lowest BCUT2D eigenvalue weighted by Gasteiger charge is -2.47. The maximum absolute atomic E-state index is 3.78. The number of nitrogens with one attached hydrogen (secondary N) is 1. The zero-order valence-corrected chi connectivity index (χ0v) is 14.6. The summed E-state index contributed by atoms with van der Waals surface area (Å²) < 4.78 is 0. The Bertz CT molecular complexity index is 248. The van der Waals surface area contributed by atoms with E-state index in [-0.39, 0.29) is 0 Å². The molecule has 0 aromatic rings. The van der Waals surface area contributed by atoms with Crippen molar-refractivity contribution >= 4 is 11.8 Å². The molecule has 0 spiro atoms. The Morgan fingerprint density at radius 1 is 1.32 bits per heavy atom. The van der Waals surface area contributed by atoms with Gasteiger partial charge in [-0.1, -0.05) is 34.6 Å². The van der Waals surface area contributed by atoms with E-state index >= 15 is 0 Å². The second-order valence-corrected chi connectivity index (χ2v) is 8.44. The normalized spacial score (nSPS) is 26.1. The van der Waals surface area contributed by atoms with E-state index in [1.807, 2.05) is 11.8 Å². The first-order valence-corrected chi connectivity index (χ1v) is 9.20. The van der Waals surface area contributed by atoms with Gasteiger partial charge >= 0.3 is 0 Å². The highest BCUT2D eigenvalue weighted by molar-refractivity contribution is 7.98. The van der Waals surface area contributed by atoms with Gasteiger partial charge in [0.15, 0.2) is 0 Å². The molecule has 0 aromatic carbocycles. The van der Waals surface area contributed by atoms with E-state index in [1.54, 1.807) is 0 Å². The average molecular weight is 287 g/mol. The number of nitrogens with zero attached hydrogens (tertiary/aromatic N) is 1. The molecule has 1 heterocycles. The van der Waals surface area contributed by atoms with Crippen LogP contribution in [-0.4, -0.2) is 48.6 Å². The molecular formula is C16H34N2S. The van der Waals surface area contributed by atoms with Crippen LogP contribution in [0.2, 0.25) is 0 Å². The summed E-state index contributed by atoms with van der Waals surface area (Å²) in [7, 11) is 0. The Kier molecular flexibility index (Phi) is 7.20. The standard InChI is InChI=1S/C16H34N2S/c1-13(2)10-14-12-18(8-7-9-19-6)15(11-17-14)16(3,4)5/h13-15,17H,7-12H2,1-6H3. The van der Waals surface area contributed by atoms with Crippen LogP contribution >= 0.6 is 11.8 Å². The number of piperazine rings is 1. The smallest absolute Gasteiger partial charge is 0.0269 e. The predicted molar refractivity (Wildman–Crippen MR) is 89.1 cm³/mol. The van der Waals surface area contributed by atoms with Crippen LogP contribution < -0.4 is 5.32 Å². The largest absolute Gasteiger partial charge is 0.311 e. The molecule has 2 nitrogen and oxygen atoms in total. The van der Waals surface area contributed by atoms with Crippen molar-refractivity contribution in [3.8, 4) is 0 Å². The molecule has 0 aromatic heterocycles. The summed E-state index contributed by atoms with van der Waals surface area (Å²) in [6.45, 7) is 15.4. The Balaban J connectivity index is 2.58. The molecule has 1 saturated heterocycles. The molecule has 3 heteroatoms. The zero-order valence-electron chi connectivity index (χ0n) is 13.8. The molecule has 114 valence electrons. The van der Waals surface area contributed by atoms with Gasteiger partial charge in [-0.3, -0.25) is 4.90 Å². The van der Waals surface area contributed by atoms with Gasteiger partial charge in [0.2, 0.25) is 0 Å². The summed E-state index contributed by atoms with van der Waals surface area (Å²) >= 11 is 1.97. The molecule has 1 aliphatic rings. The minimum atomic E-state index is 0.370. The fourth-order valence-electron chi connectivity index (χ4n) is 3.12. The molecule has 1 rings (SSSR count). The van der Waals surface area contributed by atoms with E-state index in [0.29, 0.717) is 17.5 Å². The minimum Gasteiger partial charge on any atom is -0.311 e. The van der Waals surface area contributed by atoms with Crippen molar-refractivity contribution in [3.63, 3.8) is 0 Å². The van der Waals surface area contributed by atoms with Crippen LogP contribution in [0.3, 0.4) is 0 Å². The minimum absolute atomic E-state index is 0.370. The Hall–Kier alpha value is 0.270. The van der Waals surface area contributed by atoms with Crippen molar-refractivity contribution in [1.82, 2.24) is 10.2 Å². The van der Waals surface area contributed by atoms with Crippen LogP contribution in [0.1, 0.15) is 47.5 Å². The third-order valence-electron chi connectivity index (χ3n) is 4.04. The highest BCUT2D eigenvalue weighted by atomic mass is 32.2. The zero-order chi connectivity index (χ0) is 14.5. The van der Waals surface area contributed by atoms with Gasteiger partial charge in [0.25, 0.3) is 0 Å². The van der Waals surface area contributed by atoms with E-state index < -0.39 is 0 Å².